The number of hydrogen-bond acceptors (Lipinski definition) is 9. The van der Waals surface area contributed by atoms with E-state index in [0.29, 0.717) is 41.2 Å². The molecule has 1 spiro atoms. The summed E-state index contributed by atoms with van der Waals surface area (Å²) in [4.78, 5) is 23.0. The Morgan fingerprint density at radius 2 is 1.84 bits per heavy atom. The summed E-state index contributed by atoms with van der Waals surface area (Å²) in [6.45, 7) is 4.01. The smallest absolute Gasteiger partial charge is 0.249 e. The van der Waals surface area contributed by atoms with Crippen LogP contribution in [0.15, 0.2) is 81.8 Å². The number of methoxy groups -OCH3 is 1. The summed E-state index contributed by atoms with van der Waals surface area (Å²) < 4.78 is 25.1. The number of oxazole rings is 2. The second-order valence-corrected chi connectivity index (χ2v) is 11.9. The lowest BCUT2D eigenvalue weighted by molar-refractivity contribution is -0.123. The van der Waals surface area contributed by atoms with Gasteiger partial charge < -0.3 is 34.7 Å². The van der Waals surface area contributed by atoms with E-state index in [-0.39, 0.29) is 11.8 Å². The SMILES string of the molecule is COc1ccc(-c2cnc(-c3nc4oc3C35c6ccccc6N[C@H]3Oc3ccc(cc35)CC(N)C(=O)N[C@H]4C(C)C)o2)cc1. The van der Waals surface area contributed by atoms with Gasteiger partial charge in [0.15, 0.2) is 23.4 Å². The Hall–Kier alpha value is -5.09. The van der Waals surface area contributed by atoms with Crippen molar-refractivity contribution in [2.24, 2.45) is 11.7 Å². The maximum Gasteiger partial charge on any atom is 0.249 e. The highest BCUT2D eigenvalue weighted by atomic mass is 16.5. The minimum absolute atomic E-state index is 0.0524. The number of rotatable bonds is 4. The monoisotopic (exact) mass is 589 g/mol. The molecule has 222 valence electrons. The molecule has 1 amide bonds. The first kappa shape index (κ1) is 26.5. The van der Waals surface area contributed by atoms with Gasteiger partial charge in [-0.3, -0.25) is 4.79 Å². The molecule has 0 saturated heterocycles. The van der Waals surface area contributed by atoms with Crippen molar-refractivity contribution in [1.82, 2.24) is 15.3 Å². The Morgan fingerprint density at radius 1 is 1.02 bits per heavy atom. The molecule has 44 heavy (non-hydrogen) atoms. The average Bonchev–Trinajstić information content (AvgIpc) is 3.80. The van der Waals surface area contributed by atoms with Gasteiger partial charge >= 0.3 is 0 Å². The van der Waals surface area contributed by atoms with E-state index in [1.807, 2.05) is 68.4 Å². The third-order valence-electron chi connectivity index (χ3n) is 8.85. The lowest BCUT2D eigenvalue weighted by Crippen LogP contribution is -2.45. The van der Waals surface area contributed by atoms with Crippen molar-refractivity contribution in [1.29, 1.82) is 0 Å². The third-order valence-corrected chi connectivity index (χ3v) is 8.85. The molecule has 10 heteroatoms. The number of amides is 1. The van der Waals surface area contributed by atoms with Crippen molar-refractivity contribution < 1.29 is 23.1 Å². The van der Waals surface area contributed by atoms with E-state index < -0.39 is 23.7 Å². The van der Waals surface area contributed by atoms with Crippen LogP contribution in [-0.4, -0.2) is 35.3 Å². The number of carbonyl (C=O) groups excluding carboxylic acids is 1. The van der Waals surface area contributed by atoms with Crippen molar-refractivity contribution in [3.8, 4) is 34.4 Å². The number of benzene rings is 3. The number of ether oxygens (including phenoxy) is 2. The molecule has 0 fully saturated rings. The molecule has 3 aliphatic heterocycles. The van der Waals surface area contributed by atoms with Gasteiger partial charge in [-0.1, -0.05) is 44.2 Å². The molecule has 8 rings (SSSR count). The summed E-state index contributed by atoms with van der Waals surface area (Å²) in [6, 6.07) is 20.3. The second kappa shape index (κ2) is 9.72. The number of nitrogens with zero attached hydrogens (tertiary/aromatic N) is 2. The van der Waals surface area contributed by atoms with Crippen molar-refractivity contribution in [3.05, 3.63) is 101 Å². The van der Waals surface area contributed by atoms with E-state index >= 15 is 0 Å². The number of aromatic nitrogens is 2. The zero-order chi connectivity index (χ0) is 30.2. The van der Waals surface area contributed by atoms with E-state index in [2.05, 4.69) is 22.8 Å². The standard InChI is InChI=1S/C34H31N5O5/c1-17(2)27-32-39-28(31-36-16-26(42-31)19-9-11-20(41-3)12-10-19)29(44-32)34-21-6-4-5-7-24(21)37-33(34)43-25-13-8-18(14-22(25)34)15-23(35)30(40)38-27/h4-14,16-17,23,27,33,37H,15,35H2,1-3H3,(H,38,40)/t23?,27-,33-,34?/m0/s1. The maximum atomic E-state index is 13.3. The molecule has 10 nitrogen and oxygen atoms in total. The Balaban J connectivity index is 1.40. The Labute approximate surface area is 253 Å². The lowest BCUT2D eigenvalue weighted by atomic mass is 9.72. The zero-order valence-corrected chi connectivity index (χ0v) is 24.5. The van der Waals surface area contributed by atoms with Gasteiger partial charge in [-0.25, -0.2) is 9.97 Å². The van der Waals surface area contributed by atoms with Crippen LogP contribution in [0.2, 0.25) is 0 Å². The number of carbonyl (C=O) groups is 1. The zero-order valence-electron chi connectivity index (χ0n) is 24.5. The first-order valence-electron chi connectivity index (χ1n) is 14.7. The third kappa shape index (κ3) is 3.80. The first-order chi connectivity index (χ1) is 21.4. The summed E-state index contributed by atoms with van der Waals surface area (Å²) in [6.07, 6.45) is 1.52. The molecule has 3 aromatic carbocycles. The number of nitrogens with one attached hydrogen (secondary N) is 2. The highest BCUT2D eigenvalue weighted by molar-refractivity contribution is 5.82. The molecular weight excluding hydrogens is 558 g/mol. The van der Waals surface area contributed by atoms with Crippen molar-refractivity contribution in [3.63, 3.8) is 0 Å². The Bertz CT molecular complexity index is 1910. The van der Waals surface area contributed by atoms with Gasteiger partial charge in [0.1, 0.15) is 23.0 Å². The summed E-state index contributed by atoms with van der Waals surface area (Å²) in [5.41, 5.74) is 10.5. The predicted molar refractivity (Wildman–Crippen MR) is 162 cm³/mol. The largest absolute Gasteiger partial charge is 0.497 e. The van der Waals surface area contributed by atoms with Crippen LogP contribution in [0.5, 0.6) is 11.5 Å². The molecule has 0 saturated carbocycles. The van der Waals surface area contributed by atoms with Gasteiger partial charge in [-0.2, -0.15) is 0 Å². The van der Waals surface area contributed by atoms with Gasteiger partial charge in [0.25, 0.3) is 0 Å². The lowest BCUT2D eigenvalue weighted by Gasteiger charge is -2.28. The summed E-state index contributed by atoms with van der Waals surface area (Å²) in [5, 5.41) is 6.68. The van der Waals surface area contributed by atoms with Crippen LogP contribution in [0.25, 0.3) is 22.9 Å². The predicted octanol–water partition coefficient (Wildman–Crippen LogP) is 5.18. The Morgan fingerprint density at radius 3 is 2.64 bits per heavy atom. The molecular formula is C34H31N5O5. The summed E-state index contributed by atoms with van der Waals surface area (Å²) >= 11 is 0. The van der Waals surface area contributed by atoms with Crippen LogP contribution in [0, 0.1) is 5.92 Å². The fraction of sp³-hybridized carbons (Fsp3) is 0.265. The Kier molecular flexibility index (Phi) is 5.86. The van der Waals surface area contributed by atoms with Gasteiger partial charge in [0.05, 0.1) is 19.3 Å². The fourth-order valence-corrected chi connectivity index (χ4v) is 6.63. The average molecular weight is 590 g/mol. The van der Waals surface area contributed by atoms with Gasteiger partial charge in [0.2, 0.25) is 17.7 Å². The van der Waals surface area contributed by atoms with Crippen LogP contribution < -0.4 is 25.8 Å². The molecule has 0 radical (unpaired) electrons. The van der Waals surface area contributed by atoms with Crippen LogP contribution in [0.3, 0.4) is 0 Å². The number of fused-ring (bicyclic) bond motifs is 4. The van der Waals surface area contributed by atoms with E-state index in [1.54, 1.807) is 13.3 Å². The highest BCUT2D eigenvalue weighted by Crippen LogP contribution is 2.59. The van der Waals surface area contributed by atoms with E-state index in [1.165, 1.54) is 0 Å². The molecule has 4 N–H and O–H groups in total. The highest BCUT2D eigenvalue weighted by Gasteiger charge is 2.61. The van der Waals surface area contributed by atoms with Gasteiger partial charge in [0, 0.05) is 16.8 Å². The van der Waals surface area contributed by atoms with Crippen LogP contribution in [-0.2, 0) is 16.6 Å². The minimum Gasteiger partial charge on any atom is -0.497 e. The quantitative estimate of drug-likeness (QED) is 0.259. The topological polar surface area (TPSA) is 138 Å². The molecule has 2 aromatic heterocycles. The molecule has 4 bridgehead atoms. The van der Waals surface area contributed by atoms with E-state index in [0.717, 1.165) is 33.7 Å². The molecule has 2 unspecified atom stereocenters. The van der Waals surface area contributed by atoms with Crippen molar-refractivity contribution in [2.45, 2.75) is 44.0 Å². The van der Waals surface area contributed by atoms with E-state index in [4.69, 9.17) is 34.0 Å². The molecule has 5 heterocycles. The number of para-hydroxylation sites is 1. The van der Waals surface area contributed by atoms with E-state index in [9.17, 15) is 4.79 Å². The first-order valence-corrected chi connectivity index (χ1v) is 14.7. The van der Waals surface area contributed by atoms with Crippen molar-refractivity contribution in [2.75, 3.05) is 12.4 Å². The molecule has 3 aliphatic rings. The fourth-order valence-electron chi connectivity index (χ4n) is 6.63. The van der Waals surface area contributed by atoms with Crippen LogP contribution in [0.1, 0.15) is 48.2 Å². The summed E-state index contributed by atoms with van der Waals surface area (Å²) in [5.74, 6) is 2.86. The number of anilines is 1. The van der Waals surface area contributed by atoms with Gasteiger partial charge in [-0.05, 0) is 59.9 Å². The summed E-state index contributed by atoms with van der Waals surface area (Å²) in [7, 11) is 1.63. The number of hydrogen-bond donors (Lipinski definition) is 3. The van der Waals surface area contributed by atoms with Crippen molar-refractivity contribution >= 4 is 11.6 Å². The van der Waals surface area contributed by atoms with Gasteiger partial charge in [-0.15, -0.1) is 0 Å². The maximum absolute atomic E-state index is 13.3. The minimum atomic E-state index is -0.925. The normalized spacial score (nSPS) is 23.1. The molecule has 4 atom stereocenters. The van der Waals surface area contributed by atoms with Crippen LogP contribution >= 0.6 is 0 Å². The molecule has 5 aromatic rings. The number of nitrogens with two attached hydrogens (primary N) is 1. The van der Waals surface area contributed by atoms with Crippen LogP contribution in [0.4, 0.5) is 5.69 Å². The second-order valence-electron chi connectivity index (χ2n) is 11.9. The molecule has 0 aliphatic carbocycles.